The number of unbranched alkanes of at least 4 members (excludes halogenated alkanes) is 8. The van der Waals surface area contributed by atoms with Crippen LogP contribution >= 0.6 is 11.8 Å². The van der Waals surface area contributed by atoms with Crippen LogP contribution in [0.4, 0.5) is 4.39 Å². The number of benzene rings is 1. The number of nitrogens with zero attached hydrogens (tertiary/aromatic N) is 1. The number of hydrogen-bond acceptors (Lipinski definition) is 4. The van der Waals surface area contributed by atoms with Gasteiger partial charge < -0.3 is 9.30 Å². The number of carbonyl (C=O) groups is 1. The SMILES string of the molecule is C=C(C)C(=O)SCCCCCCCCCCCOc1ccc2c(C3CCC3)c(F)c(=O)n(CC)c2c1. The molecule has 0 amide bonds. The van der Waals surface area contributed by atoms with Crippen LogP contribution < -0.4 is 10.3 Å². The highest BCUT2D eigenvalue weighted by Gasteiger charge is 2.27. The number of rotatable bonds is 16. The van der Waals surface area contributed by atoms with Crippen LogP contribution in [0.5, 0.6) is 5.75 Å². The first-order valence-electron chi connectivity index (χ1n) is 13.8. The first-order valence-corrected chi connectivity index (χ1v) is 14.7. The van der Waals surface area contributed by atoms with E-state index in [4.69, 9.17) is 4.74 Å². The maximum absolute atomic E-state index is 14.9. The van der Waals surface area contributed by atoms with E-state index in [1.807, 2.05) is 25.1 Å². The molecule has 0 unspecified atom stereocenters. The van der Waals surface area contributed by atoms with Crippen LogP contribution in [0.3, 0.4) is 0 Å². The van der Waals surface area contributed by atoms with E-state index >= 15 is 0 Å². The highest BCUT2D eigenvalue weighted by molar-refractivity contribution is 8.14. The van der Waals surface area contributed by atoms with Gasteiger partial charge in [-0.1, -0.05) is 69.7 Å². The summed E-state index contributed by atoms with van der Waals surface area (Å²) in [7, 11) is 0. The number of fused-ring (bicyclic) bond motifs is 1. The van der Waals surface area contributed by atoms with Crippen LogP contribution in [0.15, 0.2) is 35.1 Å². The number of thioether (sulfide) groups is 1. The van der Waals surface area contributed by atoms with E-state index < -0.39 is 11.4 Å². The van der Waals surface area contributed by atoms with Crippen LogP contribution in [0.2, 0.25) is 0 Å². The number of carbonyl (C=O) groups excluding carboxylic acids is 1. The molecule has 0 N–H and O–H groups in total. The zero-order valence-corrected chi connectivity index (χ0v) is 22.9. The Balaban J connectivity index is 1.34. The van der Waals surface area contributed by atoms with Crippen molar-refractivity contribution < 1.29 is 13.9 Å². The van der Waals surface area contributed by atoms with E-state index in [-0.39, 0.29) is 11.0 Å². The molecule has 0 radical (unpaired) electrons. The van der Waals surface area contributed by atoms with E-state index in [9.17, 15) is 14.0 Å². The summed E-state index contributed by atoms with van der Waals surface area (Å²) >= 11 is 1.39. The van der Waals surface area contributed by atoms with Crippen molar-refractivity contribution in [1.29, 1.82) is 0 Å². The molecule has 0 bridgehead atoms. The number of aromatic nitrogens is 1. The topological polar surface area (TPSA) is 48.3 Å². The average molecular weight is 516 g/mol. The van der Waals surface area contributed by atoms with Gasteiger partial charge in [0.05, 0.1) is 12.1 Å². The molecule has 36 heavy (non-hydrogen) atoms. The molecule has 198 valence electrons. The fourth-order valence-electron chi connectivity index (χ4n) is 4.84. The molecular weight excluding hydrogens is 473 g/mol. The summed E-state index contributed by atoms with van der Waals surface area (Å²) in [5.74, 6) is 1.24. The second-order valence-electron chi connectivity index (χ2n) is 10.0. The molecule has 1 saturated carbocycles. The molecular formula is C30H42FNO3S. The fourth-order valence-corrected chi connectivity index (χ4v) is 5.62. The van der Waals surface area contributed by atoms with Gasteiger partial charge in [-0.05, 0) is 63.2 Å². The summed E-state index contributed by atoms with van der Waals surface area (Å²) in [6, 6.07) is 5.76. The van der Waals surface area contributed by atoms with Gasteiger partial charge in [-0.3, -0.25) is 9.59 Å². The fraction of sp³-hybridized carbons (Fsp3) is 0.600. The van der Waals surface area contributed by atoms with Gasteiger partial charge in [-0.15, -0.1) is 0 Å². The number of aryl methyl sites for hydroxylation is 1. The molecule has 0 saturated heterocycles. The van der Waals surface area contributed by atoms with Crippen molar-refractivity contribution in [3.63, 3.8) is 0 Å². The molecule has 0 atom stereocenters. The molecule has 1 heterocycles. The third-order valence-electron chi connectivity index (χ3n) is 7.19. The molecule has 1 aliphatic rings. The summed E-state index contributed by atoms with van der Waals surface area (Å²) < 4.78 is 22.4. The lowest BCUT2D eigenvalue weighted by atomic mass is 9.78. The van der Waals surface area contributed by atoms with Crippen molar-refractivity contribution in [3.05, 3.63) is 52.1 Å². The zero-order valence-electron chi connectivity index (χ0n) is 22.1. The third kappa shape index (κ3) is 7.71. The lowest BCUT2D eigenvalue weighted by molar-refractivity contribution is -0.107. The summed E-state index contributed by atoms with van der Waals surface area (Å²) in [4.78, 5) is 24.1. The summed E-state index contributed by atoms with van der Waals surface area (Å²) in [5, 5.41) is 0.972. The first-order chi connectivity index (χ1) is 17.4. The van der Waals surface area contributed by atoms with Crippen molar-refractivity contribution >= 4 is 27.8 Å². The number of halogens is 1. The monoisotopic (exact) mass is 515 g/mol. The Bertz CT molecular complexity index is 1090. The summed E-state index contributed by atoms with van der Waals surface area (Å²) in [6.07, 6.45) is 13.7. The predicted octanol–water partition coefficient (Wildman–Crippen LogP) is 8.15. The van der Waals surface area contributed by atoms with Crippen molar-refractivity contribution in [3.8, 4) is 5.75 Å². The smallest absolute Gasteiger partial charge is 0.287 e. The van der Waals surface area contributed by atoms with E-state index in [0.717, 1.165) is 60.9 Å². The first kappa shape index (κ1) is 28.5. The maximum atomic E-state index is 14.9. The molecule has 1 aromatic heterocycles. The van der Waals surface area contributed by atoms with Crippen LogP contribution in [0.1, 0.15) is 102 Å². The minimum absolute atomic E-state index is 0.120. The van der Waals surface area contributed by atoms with Crippen molar-refractivity contribution in [2.45, 2.75) is 103 Å². The highest BCUT2D eigenvalue weighted by Crippen LogP contribution is 2.40. The van der Waals surface area contributed by atoms with Gasteiger partial charge in [0, 0.05) is 29.3 Å². The van der Waals surface area contributed by atoms with Gasteiger partial charge in [-0.25, -0.2) is 4.39 Å². The molecule has 1 aromatic carbocycles. The van der Waals surface area contributed by atoms with E-state index in [1.54, 1.807) is 6.92 Å². The highest BCUT2D eigenvalue weighted by atomic mass is 32.2. The minimum atomic E-state index is -0.572. The van der Waals surface area contributed by atoms with Crippen LogP contribution in [-0.2, 0) is 11.3 Å². The van der Waals surface area contributed by atoms with Gasteiger partial charge in [0.25, 0.3) is 5.56 Å². The summed E-state index contributed by atoms with van der Waals surface area (Å²) in [5.41, 5.74) is 1.51. The maximum Gasteiger partial charge on any atom is 0.287 e. The standard InChI is InChI=1S/C30H42FNO3S/c1-4-32-26-21-24(17-18-25(26)27(23-15-14-16-23)28(31)29(32)33)35-19-12-10-8-6-5-7-9-11-13-20-36-30(34)22(2)3/h17-18,21,23H,2,4-16,19-20H2,1,3H3. The Kier molecular flexibility index (Phi) is 11.6. The number of hydrogen-bond donors (Lipinski definition) is 0. The second-order valence-corrected chi connectivity index (χ2v) is 11.1. The predicted molar refractivity (Wildman–Crippen MR) is 150 cm³/mol. The number of ether oxygens (including phenoxy) is 1. The van der Waals surface area contributed by atoms with Gasteiger partial charge in [0.2, 0.25) is 5.12 Å². The van der Waals surface area contributed by atoms with E-state index in [1.165, 1.54) is 54.9 Å². The molecule has 2 aromatic rings. The lowest BCUT2D eigenvalue weighted by Gasteiger charge is -2.28. The van der Waals surface area contributed by atoms with Crippen LogP contribution in [0.25, 0.3) is 10.9 Å². The van der Waals surface area contributed by atoms with Crippen molar-refractivity contribution in [1.82, 2.24) is 4.57 Å². The largest absolute Gasteiger partial charge is 0.494 e. The lowest BCUT2D eigenvalue weighted by Crippen LogP contribution is -2.27. The Morgan fingerprint density at radius 1 is 1.08 bits per heavy atom. The van der Waals surface area contributed by atoms with Crippen LogP contribution in [0, 0.1) is 5.82 Å². The molecule has 6 heteroatoms. The van der Waals surface area contributed by atoms with Gasteiger partial charge in [0.15, 0.2) is 5.82 Å². The molecule has 1 fully saturated rings. The number of pyridine rings is 1. The average Bonchev–Trinajstić information content (AvgIpc) is 2.83. The summed E-state index contributed by atoms with van der Waals surface area (Å²) in [6.45, 7) is 8.42. The van der Waals surface area contributed by atoms with Gasteiger partial charge in [-0.2, -0.15) is 0 Å². The second kappa shape index (κ2) is 14.6. The van der Waals surface area contributed by atoms with E-state index in [2.05, 4.69) is 6.58 Å². The third-order valence-corrected chi connectivity index (χ3v) is 8.29. The molecule has 1 aliphatic carbocycles. The van der Waals surface area contributed by atoms with E-state index in [0.29, 0.717) is 24.3 Å². The molecule has 4 nitrogen and oxygen atoms in total. The molecule has 3 rings (SSSR count). The molecule has 0 spiro atoms. The Morgan fingerprint density at radius 3 is 2.31 bits per heavy atom. The zero-order chi connectivity index (χ0) is 25.9. The van der Waals surface area contributed by atoms with Gasteiger partial charge >= 0.3 is 0 Å². The van der Waals surface area contributed by atoms with Crippen molar-refractivity contribution in [2.75, 3.05) is 12.4 Å². The molecule has 0 aliphatic heterocycles. The van der Waals surface area contributed by atoms with Crippen LogP contribution in [-0.4, -0.2) is 22.0 Å². The Morgan fingerprint density at radius 2 is 1.72 bits per heavy atom. The normalized spacial score (nSPS) is 13.6. The quantitative estimate of drug-likeness (QED) is 0.167. The van der Waals surface area contributed by atoms with Crippen molar-refractivity contribution in [2.24, 2.45) is 0 Å². The Labute approximate surface area is 219 Å². The van der Waals surface area contributed by atoms with Gasteiger partial charge in [0.1, 0.15) is 5.75 Å². The Hall–Kier alpha value is -2.08. The minimum Gasteiger partial charge on any atom is -0.494 e.